The second kappa shape index (κ2) is 6.20. The third-order valence-corrected chi connectivity index (χ3v) is 5.38. The summed E-state index contributed by atoms with van der Waals surface area (Å²) in [5.41, 5.74) is 1.78. The molecule has 0 aliphatic carbocycles. The fourth-order valence-electron chi connectivity index (χ4n) is 2.68. The van der Waals surface area contributed by atoms with Crippen molar-refractivity contribution in [2.45, 2.75) is 24.7 Å². The Labute approximate surface area is 136 Å². The maximum atomic E-state index is 14.0. The zero-order valence-electron chi connectivity index (χ0n) is 12.9. The molecular formula is C17H19FN2O2S. The standard InChI is InChI=1S/C17H19FN2O2S/c1-13-4-7-15(8-5-13)23(21,22)19-17-12-14(6-9-16(17)18)20-10-2-3-11-20/h4-9,12,19H,2-3,10-11H2,1H3. The van der Waals surface area contributed by atoms with Crippen molar-refractivity contribution in [3.05, 3.63) is 53.8 Å². The number of hydrogen-bond acceptors (Lipinski definition) is 3. The van der Waals surface area contributed by atoms with Crippen molar-refractivity contribution in [3.8, 4) is 0 Å². The first kappa shape index (κ1) is 15.8. The van der Waals surface area contributed by atoms with E-state index in [0.29, 0.717) is 0 Å². The van der Waals surface area contributed by atoms with Gasteiger partial charge in [0.15, 0.2) is 0 Å². The fourth-order valence-corrected chi connectivity index (χ4v) is 3.74. The molecule has 4 nitrogen and oxygen atoms in total. The van der Waals surface area contributed by atoms with E-state index in [9.17, 15) is 12.8 Å². The smallest absolute Gasteiger partial charge is 0.261 e. The van der Waals surface area contributed by atoms with E-state index in [2.05, 4.69) is 9.62 Å². The van der Waals surface area contributed by atoms with Crippen LogP contribution in [-0.2, 0) is 10.0 Å². The minimum absolute atomic E-state index is 0.0185. The topological polar surface area (TPSA) is 49.4 Å². The highest BCUT2D eigenvalue weighted by molar-refractivity contribution is 7.92. The van der Waals surface area contributed by atoms with E-state index in [1.54, 1.807) is 24.3 Å². The predicted octanol–water partition coefficient (Wildman–Crippen LogP) is 3.54. The summed E-state index contributed by atoms with van der Waals surface area (Å²) >= 11 is 0. The summed E-state index contributed by atoms with van der Waals surface area (Å²) in [6.07, 6.45) is 2.20. The molecular weight excluding hydrogens is 315 g/mol. The molecule has 2 aromatic rings. The van der Waals surface area contributed by atoms with E-state index in [1.807, 2.05) is 6.92 Å². The van der Waals surface area contributed by atoms with Crippen LogP contribution in [0.5, 0.6) is 0 Å². The summed E-state index contributed by atoms with van der Waals surface area (Å²) in [4.78, 5) is 2.25. The first-order valence-electron chi connectivity index (χ1n) is 7.60. The van der Waals surface area contributed by atoms with Gasteiger partial charge in [-0.1, -0.05) is 17.7 Å². The van der Waals surface area contributed by atoms with Crippen LogP contribution in [0.1, 0.15) is 18.4 Å². The van der Waals surface area contributed by atoms with Crippen LogP contribution < -0.4 is 9.62 Å². The molecule has 1 aliphatic rings. The monoisotopic (exact) mass is 334 g/mol. The summed E-state index contributed by atoms with van der Waals surface area (Å²) < 4.78 is 41.2. The van der Waals surface area contributed by atoms with Crippen molar-refractivity contribution in [3.63, 3.8) is 0 Å². The van der Waals surface area contributed by atoms with Crippen LogP contribution in [-0.4, -0.2) is 21.5 Å². The highest BCUT2D eigenvalue weighted by Gasteiger charge is 2.18. The lowest BCUT2D eigenvalue weighted by atomic mass is 10.2. The van der Waals surface area contributed by atoms with Crippen LogP contribution in [0.4, 0.5) is 15.8 Å². The number of rotatable bonds is 4. The van der Waals surface area contributed by atoms with Gasteiger partial charge in [-0.05, 0) is 50.1 Å². The van der Waals surface area contributed by atoms with E-state index in [1.165, 1.54) is 18.2 Å². The van der Waals surface area contributed by atoms with Gasteiger partial charge < -0.3 is 4.90 Å². The van der Waals surface area contributed by atoms with Gasteiger partial charge in [-0.3, -0.25) is 4.72 Å². The lowest BCUT2D eigenvalue weighted by Gasteiger charge is -2.19. The SMILES string of the molecule is Cc1ccc(S(=O)(=O)Nc2cc(N3CCCC3)ccc2F)cc1. The summed E-state index contributed by atoms with van der Waals surface area (Å²) in [6.45, 7) is 3.70. The zero-order valence-corrected chi connectivity index (χ0v) is 13.7. The van der Waals surface area contributed by atoms with Gasteiger partial charge in [0.2, 0.25) is 0 Å². The van der Waals surface area contributed by atoms with Crippen molar-refractivity contribution in [2.75, 3.05) is 22.7 Å². The van der Waals surface area contributed by atoms with Crippen molar-refractivity contribution in [2.24, 2.45) is 0 Å². The first-order chi connectivity index (χ1) is 11.0. The second-order valence-electron chi connectivity index (χ2n) is 5.78. The molecule has 3 rings (SSSR count). The van der Waals surface area contributed by atoms with E-state index >= 15 is 0 Å². The second-order valence-corrected chi connectivity index (χ2v) is 7.46. The number of sulfonamides is 1. The van der Waals surface area contributed by atoms with Gasteiger partial charge in [0.05, 0.1) is 10.6 Å². The van der Waals surface area contributed by atoms with Crippen LogP contribution in [0, 0.1) is 12.7 Å². The minimum atomic E-state index is -3.80. The molecule has 1 aliphatic heterocycles. The highest BCUT2D eigenvalue weighted by Crippen LogP contribution is 2.27. The summed E-state index contributed by atoms with van der Waals surface area (Å²) in [7, 11) is -3.80. The quantitative estimate of drug-likeness (QED) is 0.930. The largest absolute Gasteiger partial charge is 0.371 e. The maximum Gasteiger partial charge on any atom is 0.261 e. The Morgan fingerprint density at radius 3 is 2.35 bits per heavy atom. The van der Waals surface area contributed by atoms with E-state index in [-0.39, 0.29) is 10.6 Å². The van der Waals surface area contributed by atoms with Gasteiger partial charge in [0.1, 0.15) is 5.82 Å². The molecule has 0 spiro atoms. The molecule has 0 unspecified atom stereocenters. The lowest BCUT2D eigenvalue weighted by Crippen LogP contribution is -2.19. The van der Waals surface area contributed by atoms with E-state index in [4.69, 9.17) is 0 Å². The average molecular weight is 334 g/mol. The minimum Gasteiger partial charge on any atom is -0.371 e. The number of hydrogen-bond donors (Lipinski definition) is 1. The van der Waals surface area contributed by atoms with Crippen molar-refractivity contribution in [1.82, 2.24) is 0 Å². The predicted molar refractivity (Wildman–Crippen MR) is 89.8 cm³/mol. The molecule has 1 saturated heterocycles. The Morgan fingerprint density at radius 2 is 1.70 bits per heavy atom. The Bertz CT molecular complexity index is 798. The van der Waals surface area contributed by atoms with Crippen LogP contribution in [0.3, 0.4) is 0 Å². The number of nitrogens with one attached hydrogen (secondary N) is 1. The van der Waals surface area contributed by atoms with Gasteiger partial charge in [0, 0.05) is 18.8 Å². The number of halogens is 1. The number of benzene rings is 2. The molecule has 0 bridgehead atoms. The number of aryl methyl sites for hydroxylation is 1. The van der Waals surface area contributed by atoms with E-state index < -0.39 is 15.8 Å². The van der Waals surface area contributed by atoms with Crippen molar-refractivity contribution < 1.29 is 12.8 Å². The maximum absolute atomic E-state index is 14.0. The molecule has 1 heterocycles. The third-order valence-electron chi connectivity index (χ3n) is 4.00. The van der Waals surface area contributed by atoms with Crippen LogP contribution >= 0.6 is 0 Å². The van der Waals surface area contributed by atoms with Gasteiger partial charge >= 0.3 is 0 Å². The lowest BCUT2D eigenvalue weighted by molar-refractivity contribution is 0.598. The Balaban J connectivity index is 1.89. The zero-order chi connectivity index (χ0) is 16.4. The molecule has 122 valence electrons. The van der Waals surface area contributed by atoms with Crippen LogP contribution in [0.15, 0.2) is 47.4 Å². The number of nitrogens with zero attached hydrogens (tertiary/aromatic N) is 1. The molecule has 0 amide bonds. The summed E-state index contributed by atoms with van der Waals surface area (Å²) in [5.74, 6) is -0.580. The van der Waals surface area contributed by atoms with Crippen molar-refractivity contribution in [1.29, 1.82) is 0 Å². The number of anilines is 2. The highest BCUT2D eigenvalue weighted by atomic mass is 32.2. The van der Waals surface area contributed by atoms with Gasteiger partial charge in [-0.15, -0.1) is 0 Å². The molecule has 23 heavy (non-hydrogen) atoms. The molecule has 1 N–H and O–H groups in total. The molecule has 2 aromatic carbocycles. The third kappa shape index (κ3) is 3.47. The Kier molecular flexibility index (Phi) is 4.26. The van der Waals surface area contributed by atoms with Crippen molar-refractivity contribution >= 4 is 21.4 Å². The Morgan fingerprint density at radius 1 is 1.04 bits per heavy atom. The Hall–Kier alpha value is -2.08. The first-order valence-corrected chi connectivity index (χ1v) is 9.08. The van der Waals surface area contributed by atoms with Crippen LogP contribution in [0.25, 0.3) is 0 Å². The van der Waals surface area contributed by atoms with E-state index in [0.717, 1.165) is 37.2 Å². The molecule has 0 saturated carbocycles. The van der Waals surface area contributed by atoms with Gasteiger partial charge in [-0.25, -0.2) is 12.8 Å². The molecule has 1 fully saturated rings. The summed E-state index contributed by atoms with van der Waals surface area (Å²) in [6, 6.07) is 11.0. The molecule has 6 heteroatoms. The average Bonchev–Trinajstić information content (AvgIpc) is 3.04. The molecule has 0 radical (unpaired) electrons. The normalized spacial score (nSPS) is 15.0. The fraction of sp³-hybridized carbons (Fsp3) is 0.294. The molecule has 0 aromatic heterocycles. The van der Waals surface area contributed by atoms with Gasteiger partial charge in [-0.2, -0.15) is 0 Å². The van der Waals surface area contributed by atoms with Gasteiger partial charge in [0.25, 0.3) is 10.0 Å². The molecule has 0 atom stereocenters. The summed E-state index contributed by atoms with van der Waals surface area (Å²) in [5, 5.41) is 0. The van der Waals surface area contributed by atoms with Crippen LogP contribution in [0.2, 0.25) is 0 Å².